The van der Waals surface area contributed by atoms with Crippen molar-refractivity contribution in [3.05, 3.63) is 35.2 Å². The van der Waals surface area contributed by atoms with Crippen LogP contribution in [0.3, 0.4) is 0 Å². The molecule has 0 aliphatic carbocycles. The van der Waals surface area contributed by atoms with Crippen LogP contribution in [0.4, 0.5) is 4.39 Å². The second-order valence-electron chi connectivity index (χ2n) is 2.24. The molecule has 0 aliphatic heterocycles. The first-order valence-electron chi connectivity index (χ1n) is 3.11. The van der Waals surface area contributed by atoms with Crippen molar-refractivity contribution >= 4 is 22.5 Å². The number of nitrogens with one attached hydrogen (secondary N) is 1. The lowest BCUT2D eigenvalue weighted by Gasteiger charge is -1.88. The van der Waals surface area contributed by atoms with E-state index in [1.54, 1.807) is 6.20 Å². The maximum absolute atomic E-state index is 12.5. The topological polar surface area (TPSA) is 15.8 Å². The zero-order chi connectivity index (χ0) is 7.84. The van der Waals surface area contributed by atoms with E-state index in [-0.39, 0.29) is 5.82 Å². The molecule has 1 radical (unpaired) electrons. The Labute approximate surface area is 67.8 Å². The number of benzene rings is 1. The van der Waals surface area contributed by atoms with Crippen LogP contribution >= 0.6 is 11.6 Å². The SMILES string of the molecule is Fc1[c]cc2c(Cl)c[nH]c2c1. The predicted molar refractivity (Wildman–Crippen MR) is 42.1 cm³/mol. The molecule has 2 rings (SSSR count). The van der Waals surface area contributed by atoms with Crippen molar-refractivity contribution in [2.45, 2.75) is 0 Å². The summed E-state index contributed by atoms with van der Waals surface area (Å²) in [6.45, 7) is 0. The molecular weight excluding hydrogens is 165 g/mol. The Kier molecular flexibility index (Phi) is 1.36. The molecule has 0 saturated heterocycles. The summed E-state index contributed by atoms with van der Waals surface area (Å²) >= 11 is 5.75. The fourth-order valence-electron chi connectivity index (χ4n) is 1.00. The van der Waals surface area contributed by atoms with Crippen molar-refractivity contribution in [1.29, 1.82) is 0 Å². The number of fused-ring (bicyclic) bond motifs is 1. The molecule has 11 heavy (non-hydrogen) atoms. The van der Waals surface area contributed by atoms with Gasteiger partial charge in [-0.3, -0.25) is 0 Å². The van der Waals surface area contributed by atoms with Gasteiger partial charge in [-0.05, 0) is 12.1 Å². The summed E-state index contributed by atoms with van der Waals surface area (Å²) in [6.07, 6.45) is 1.62. The van der Waals surface area contributed by atoms with Gasteiger partial charge in [-0.25, -0.2) is 4.39 Å². The van der Waals surface area contributed by atoms with Crippen LogP contribution in [0.2, 0.25) is 5.02 Å². The van der Waals surface area contributed by atoms with Gasteiger partial charge in [0, 0.05) is 23.2 Å². The minimum absolute atomic E-state index is 0.379. The fourth-order valence-corrected chi connectivity index (χ4v) is 1.21. The van der Waals surface area contributed by atoms with Gasteiger partial charge in [0.05, 0.1) is 5.02 Å². The van der Waals surface area contributed by atoms with E-state index in [4.69, 9.17) is 11.6 Å². The van der Waals surface area contributed by atoms with Crippen molar-refractivity contribution in [2.24, 2.45) is 0 Å². The van der Waals surface area contributed by atoms with E-state index in [0.717, 1.165) is 5.39 Å². The second-order valence-corrected chi connectivity index (χ2v) is 2.65. The Morgan fingerprint density at radius 3 is 3.18 bits per heavy atom. The first-order chi connectivity index (χ1) is 5.27. The standard InChI is InChI=1S/C8H4ClFN/c9-7-4-11-8-3-5(10)1-2-6(7)8/h2-4,11H. The van der Waals surface area contributed by atoms with Crippen LogP contribution in [0.1, 0.15) is 0 Å². The number of hydrogen-bond donors (Lipinski definition) is 1. The number of H-pyrrole nitrogens is 1. The summed E-state index contributed by atoms with van der Waals surface area (Å²) in [5, 5.41) is 1.39. The van der Waals surface area contributed by atoms with Crippen LogP contribution < -0.4 is 0 Å². The van der Waals surface area contributed by atoms with Gasteiger partial charge in [-0.1, -0.05) is 11.6 Å². The molecule has 0 saturated carbocycles. The van der Waals surface area contributed by atoms with Gasteiger partial charge in [0.15, 0.2) is 0 Å². The van der Waals surface area contributed by atoms with Gasteiger partial charge in [-0.15, -0.1) is 0 Å². The molecule has 0 fully saturated rings. The van der Waals surface area contributed by atoms with Gasteiger partial charge in [0.25, 0.3) is 0 Å². The van der Waals surface area contributed by atoms with Crippen LogP contribution in [-0.2, 0) is 0 Å². The highest BCUT2D eigenvalue weighted by Crippen LogP contribution is 2.22. The molecule has 3 heteroatoms. The highest BCUT2D eigenvalue weighted by Gasteiger charge is 2.00. The van der Waals surface area contributed by atoms with Crippen LogP contribution in [0.25, 0.3) is 10.9 Å². The van der Waals surface area contributed by atoms with Crippen molar-refractivity contribution < 1.29 is 4.39 Å². The third-order valence-electron chi connectivity index (χ3n) is 1.53. The van der Waals surface area contributed by atoms with E-state index >= 15 is 0 Å². The molecule has 0 atom stereocenters. The molecule has 1 nitrogen and oxygen atoms in total. The van der Waals surface area contributed by atoms with E-state index in [0.29, 0.717) is 10.5 Å². The average molecular weight is 169 g/mol. The molecule has 1 N–H and O–H groups in total. The summed E-state index contributed by atoms with van der Waals surface area (Å²) < 4.78 is 12.5. The van der Waals surface area contributed by atoms with Crippen molar-refractivity contribution in [3.63, 3.8) is 0 Å². The number of rotatable bonds is 0. The zero-order valence-corrected chi connectivity index (χ0v) is 6.24. The minimum atomic E-state index is -0.379. The quantitative estimate of drug-likeness (QED) is 0.623. The average Bonchev–Trinajstić information content (AvgIpc) is 2.32. The van der Waals surface area contributed by atoms with E-state index in [9.17, 15) is 4.39 Å². The van der Waals surface area contributed by atoms with E-state index in [1.807, 2.05) is 0 Å². The van der Waals surface area contributed by atoms with E-state index in [2.05, 4.69) is 11.1 Å². The zero-order valence-electron chi connectivity index (χ0n) is 5.49. The van der Waals surface area contributed by atoms with Crippen molar-refractivity contribution in [2.75, 3.05) is 0 Å². The largest absolute Gasteiger partial charge is 0.360 e. The van der Waals surface area contributed by atoms with Crippen LogP contribution in [0.15, 0.2) is 18.3 Å². The summed E-state index contributed by atoms with van der Waals surface area (Å²) in [5.74, 6) is -0.379. The molecule has 1 aromatic carbocycles. The number of halogens is 2. The van der Waals surface area contributed by atoms with Crippen molar-refractivity contribution in [1.82, 2.24) is 4.98 Å². The molecule has 0 bridgehead atoms. The van der Waals surface area contributed by atoms with Crippen LogP contribution in [0.5, 0.6) is 0 Å². The first kappa shape index (κ1) is 6.68. The second kappa shape index (κ2) is 2.24. The molecule has 0 aliphatic rings. The molecule has 2 aromatic rings. The van der Waals surface area contributed by atoms with E-state index < -0.39 is 0 Å². The molecule has 0 amide bonds. The molecule has 0 spiro atoms. The lowest BCUT2D eigenvalue weighted by Crippen LogP contribution is -1.72. The van der Waals surface area contributed by atoms with Gasteiger partial charge >= 0.3 is 0 Å². The highest BCUT2D eigenvalue weighted by atomic mass is 35.5. The maximum Gasteiger partial charge on any atom is 0.133 e. The Bertz CT molecular complexity index is 394. The van der Waals surface area contributed by atoms with Crippen molar-refractivity contribution in [3.8, 4) is 0 Å². The lowest BCUT2D eigenvalue weighted by molar-refractivity contribution is 0.627. The number of aromatic nitrogens is 1. The lowest BCUT2D eigenvalue weighted by atomic mass is 10.2. The third-order valence-corrected chi connectivity index (χ3v) is 1.84. The molecule has 0 unspecified atom stereocenters. The number of aromatic amines is 1. The maximum atomic E-state index is 12.5. The summed E-state index contributed by atoms with van der Waals surface area (Å²) in [4.78, 5) is 2.84. The fraction of sp³-hybridized carbons (Fsp3) is 0. The Hall–Kier alpha value is -1.02. The monoisotopic (exact) mass is 168 g/mol. The number of hydrogen-bond acceptors (Lipinski definition) is 0. The van der Waals surface area contributed by atoms with Gasteiger partial charge in [-0.2, -0.15) is 0 Å². The molecular formula is C8H4ClFN. The summed E-state index contributed by atoms with van der Waals surface area (Å²) in [7, 11) is 0. The van der Waals surface area contributed by atoms with Gasteiger partial charge in [0.1, 0.15) is 5.82 Å². The first-order valence-corrected chi connectivity index (χ1v) is 3.49. The predicted octanol–water partition coefficient (Wildman–Crippen LogP) is 2.76. The highest BCUT2D eigenvalue weighted by molar-refractivity contribution is 6.35. The Morgan fingerprint density at radius 2 is 2.36 bits per heavy atom. The van der Waals surface area contributed by atoms with Crippen LogP contribution in [-0.4, -0.2) is 4.98 Å². The molecule has 1 heterocycles. The smallest absolute Gasteiger partial charge is 0.133 e. The summed E-state index contributed by atoms with van der Waals surface area (Å²) in [5.41, 5.74) is 0.700. The third kappa shape index (κ3) is 0.994. The summed E-state index contributed by atoms with van der Waals surface area (Å²) in [6, 6.07) is 5.32. The Balaban J connectivity index is 2.86. The van der Waals surface area contributed by atoms with Crippen LogP contribution in [0, 0.1) is 11.9 Å². The molecule has 1 aromatic heterocycles. The Morgan fingerprint density at radius 1 is 1.55 bits per heavy atom. The van der Waals surface area contributed by atoms with E-state index in [1.165, 1.54) is 12.1 Å². The van der Waals surface area contributed by atoms with Gasteiger partial charge < -0.3 is 4.98 Å². The van der Waals surface area contributed by atoms with Gasteiger partial charge in [0.2, 0.25) is 0 Å². The normalized spacial score (nSPS) is 10.7. The minimum Gasteiger partial charge on any atom is -0.360 e. The molecule has 55 valence electrons.